The molecule has 0 bridgehead atoms. The van der Waals surface area contributed by atoms with Gasteiger partial charge in [0.2, 0.25) is 0 Å². The van der Waals surface area contributed by atoms with Crippen LogP contribution in [0.5, 0.6) is 0 Å². The first kappa shape index (κ1) is 7.55. The van der Waals surface area contributed by atoms with Gasteiger partial charge in [0.15, 0.2) is 0 Å². The van der Waals surface area contributed by atoms with Crippen LogP contribution in [0.3, 0.4) is 0 Å². The zero-order valence-corrected chi connectivity index (χ0v) is 6.25. The standard InChI is InChI=1S/C9H14O/c1-3-8-5-6-9(4-2)10-7-8/h3-4,8-9H,1-2,5-7H2/t8-,9+/m0/s1. The highest BCUT2D eigenvalue weighted by atomic mass is 16.5. The fourth-order valence-corrected chi connectivity index (χ4v) is 1.16. The van der Waals surface area contributed by atoms with E-state index >= 15 is 0 Å². The summed E-state index contributed by atoms with van der Waals surface area (Å²) in [5.41, 5.74) is 0. The van der Waals surface area contributed by atoms with Gasteiger partial charge in [0.05, 0.1) is 12.7 Å². The van der Waals surface area contributed by atoms with Crippen molar-refractivity contribution in [1.82, 2.24) is 0 Å². The Morgan fingerprint density at radius 2 is 2.00 bits per heavy atom. The molecule has 0 amide bonds. The van der Waals surface area contributed by atoms with Crippen LogP contribution >= 0.6 is 0 Å². The van der Waals surface area contributed by atoms with Gasteiger partial charge in [0.25, 0.3) is 0 Å². The normalized spacial score (nSPS) is 33.2. The van der Waals surface area contributed by atoms with E-state index in [1.807, 2.05) is 12.2 Å². The molecule has 1 heteroatoms. The molecule has 0 radical (unpaired) electrons. The van der Waals surface area contributed by atoms with Crippen LogP contribution in [0.15, 0.2) is 25.3 Å². The molecule has 0 aliphatic carbocycles. The molecule has 1 heterocycles. The second-order valence-electron chi connectivity index (χ2n) is 2.68. The van der Waals surface area contributed by atoms with Crippen LogP contribution in [0.25, 0.3) is 0 Å². The molecule has 1 aliphatic heterocycles. The summed E-state index contributed by atoms with van der Waals surface area (Å²) < 4.78 is 5.44. The van der Waals surface area contributed by atoms with Crippen LogP contribution in [0.1, 0.15) is 12.8 Å². The fraction of sp³-hybridized carbons (Fsp3) is 0.556. The van der Waals surface area contributed by atoms with Gasteiger partial charge in [-0.1, -0.05) is 12.2 Å². The van der Waals surface area contributed by atoms with Gasteiger partial charge in [-0.2, -0.15) is 0 Å². The average molecular weight is 138 g/mol. The van der Waals surface area contributed by atoms with Crippen molar-refractivity contribution in [1.29, 1.82) is 0 Å². The van der Waals surface area contributed by atoms with E-state index in [9.17, 15) is 0 Å². The second kappa shape index (κ2) is 3.57. The zero-order chi connectivity index (χ0) is 7.40. The Labute approximate surface area is 62.4 Å². The van der Waals surface area contributed by atoms with Crippen molar-refractivity contribution in [3.8, 4) is 0 Å². The Hall–Kier alpha value is -0.560. The minimum Gasteiger partial charge on any atom is -0.374 e. The van der Waals surface area contributed by atoms with E-state index in [0.29, 0.717) is 5.92 Å². The summed E-state index contributed by atoms with van der Waals surface area (Å²) in [4.78, 5) is 0. The Morgan fingerprint density at radius 1 is 1.20 bits per heavy atom. The Morgan fingerprint density at radius 3 is 2.40 bits per heavy atom. The highest BCUT2D eigenvalue weighted by Gasteiger charge is 2.16. The summed E-state index contributed by atoms with van der Waals surface area (Å²) in [6.45, 7) is 8.23. The molecule has 0 aromatic carbocycles. The lowest BCUT2D eigenvalue weighted by Crippen LogP contribution is -2.22. The molecular formula is C9H14O. The Balaban J connectivity index is 2.30. The average Bonchev–Trinajstić information content (AvgIpc) is 2.05. The molecule has 0 N–H and O–H groups in total. The molecule has 0 unspecified atom stereocenters. The minimum atomic E-state index is 0.288. The number of hydrogen-bond donors (Lipinski definition) is 0. The summed E-state index contributed by atoms with van der Waals surface area (Å²) >= 11 is 0. The van der Waals surface area contributed by atoms with Crippen LogP contribution in [0.4, 0.5) is 0 Å². The maximum Gasteiger partial charge on any atom is 0.0753 e. The first-order valence-electron chi connectivity index (χ1n) is 3.73. The van der Waals surface area contributed by atoms with Crippen molar-refractivity contribution < 1.29 is 4.74 Å². The van der Waals surface area contributed by atoms with Gasteiger partial charge in [-0.05, 0) is 12.8 Å². The molecule has 56 valence electrons. The van der Waals surface area contributed by atoms with Gasteiger partial charge in [0.1, 0.15) is 0 Å². The molecule has 0 spiro atoms. The molecule has 1 rings (SSSR count). The Kier molecular flexibility index (Phi) is 2.69. The molecule has 0 saturated carbocycles. The van der Waals surface area contributed by atoms with Crippen molar-refractivity contribution in [2.75, 3.05) is 6.61 Å². The maximum absolute atomic E-state index is 5.44. The summed E-state index contributed by atoms with van der Waals surface area (Å²) in [6, 6.07) is 0. The van der Waals surface area contributed by atoms with E-state index in [4.69, 9.17) is 4.74 Å². The molecular weight excluding hydrogens is 124 g/mol. The SMILES string of the molecule is C=C[C@H]1CC[C@@H](C=C)OC1. The summed E-state index contributed by atoms with van der Waals surface area (Å²) in [5, 5.41) is 0. The topological polar surface area (TPSA) is 9.23 Å². The highest BCUT2D eigenvalue weighted by molar-refractivity contribution is 4.88. The van der Waals surface area contributed by atoms with E-state index in [-0.39, 0.29) is 6.10 Å². The van der Waals surface area contributed by atoms with Gasteiger partial charge in [-0.3, -0.25) is 0 Å². The second-order valence-corrected chi connectivity index (χ2v) is 2.68. The molecule has 0 aromatic heterocycles. The van der Waals surface area contributed by atoms with E-state index < -0.39 is 0 Å². The zero-order valence-electron chi connectivity index (χ0n) is 6.25. The number of rotatable bonds is 2. The first-order chi connectivity index (χ1) is 4.86. The monoisotopic (exact) mass is 138 g/mol. The molecule has 1 nitrogen and oxygen atoms in total. The van der Waals surface area contributed by atoms with Gasteiger partial charge in [0, 0.05) is 5.92 Å². The summed E-state index contributed by atoms with van der Waals surface area (Å²) in [5.74, 6) is 0.566. The van der Waals surface area contributed by atoms with Gasteiger partial charge in [-0.25, -0.2) is 0 Å². The van der Waals surface area contributed by atoms with Gasteiger partial charge < -0.3 is 4.74 Å². The number of hydrogen-bond acceptors (Lipinski definition) is 1. The van der Waals surface area contributed by atoms with Gasteiger partial charge >= 0.3 is 0 Å². The van der Waals surface area contributed by atoms with Crippen LogP contribution < -0.4 is 0 Å². The van der Waals surface area contributed by atoms with Crippen LogP contribution in [-0.4, -0.2) is 12.7 Å². The quantitative estimate of drug-likeness (QED) is 0.531. The van der Waals surface area contributed by atoms with E-state index in [1.165, 1.54) is 6.42 Å². The maximum atomic E-state index is 5.44. The lowest BCUT2D eigenvalue weighted by Gasteiger charge is -2.24. The molecule has 1 fully saturated rings. The predicted molar refractivity (Wildman–Crippen MR) is 42.9 cm³/mol. The largest absolute Gasteiger partial charge is 0.374 e. The van der Waals surface area contributed by atoms with Crippen molar-refractivity contribution in [3.63, 3.8) is 0 Å². The van der Waals surface area contributed by atoms with Crippen molar-refractivity contribution in [2.45, 2.75) is 18.9 Å². The smallest absolute Gasteiger partial charge is 0.0753 e. The third kappa shape index (κ3) is 1.71. The summed E-state index contributed by atoms with van der Waals surface area (Å²) in [7, 11) is 0. The van der Waals surface area contributed by atoms with Crippen molar-refractivity contribution in [2.24, 2.45) is 5.92 Å². The lowest BCUT2D eigenvalue weighted by molar-refractivity contribution is 0.0247. The van der Waals surface area contributed by atoms with Gasteiger partial charge in [-0.15, -0.1) is 13.2 Å². The molecule has 1 aliphatic rings. The fourth-order valence-electron chi connectivity index (χ4n) is 1.16. The molecule has 0 aromatic rings. The van der Waals surface area contributed by atoms with Crippen molar-refractivity contribution in [3.05, 3.63) is 25.3 Å². The van der Waals surface area contributed by atoms with E-state index in [0.717, 1.165) is 13.0 Å². The van der Waals surface area contributed by atoms with Crippen LogP contribution in [-0.2, 0) is 4.74 Å². The highest BCUT2D eigenvalue weighted by Crippen LogP contribution is 2.19. The predicted octanol–water partition coefficient (Wildman–Crippen LogP) is 2.15. The van der Waals surface area contributed by atoms with E-state index in [1.54, 1.807) is 0 Å². The van der Waals surface area contributed by atoms with Crippen LogP contribution in [0, 0.1) is 5.92 Å². The first-order valence-corrected chi connectivity index (χ1v) is 3.73. The molecule has 1 saturated heterocycles. The minimum absolute atomic E-state index is 0.288. The third-order valence-corrected chi connectivity index (χ3v) is 1.94. The summed E-state index contributed by atoms with van der Waals surface area (Å²) in [6.07, 6.45) is 6.43. The lowest BCUT2D eigenvalue weighted by atomic mass is 9.99. The van der Waals surface area contributed by atoms with Crippen molar-refractivity contribution >= 4 is 0 Å². The van der Waals surface area contributed by atoms with Crippen LogP contribution in [0.2, 0.25) is 0 Å². The molecule has 10 heavy (non-hydrogen) atoms. The van der Waals surface area contributed by atoms with E-state index in [2.05, 4.69) is 13.2 Å². The molecule has 2 atom stereocenters. The third-order valence-electron chi connectivity index (χ3n) is 1.94. The number of ether oxygens (including phenoxy) is 1. The Bertz CT molecular complexity index is 105.